The molecule has 1 unspecified atom stereocenters. The van der Waals surface area contributed by atoms with Crippen LogP contribution in [0.5, 0.6) is 0 Å². The molecule has 1 heterocycles. The maximum Gasteiger partial charge on any atom is -0.000555 e. The van der Waals surface area contributed by atoms with Gasteiger partial charge in [0.15, 0.2) is 0 Å². The summed E-state index contributed by atoms with van der Waals surface area (Å²) in [5.41, 5.74) is 8.95. The molecule has 0 radical (unpaired) electrons. The lowest BCUT2D eigenvalue weighted by Crippen LogP contribution is -2.37. The fourth-order valence-corrected chi connectivity index (χ4v) is 3.50. The van der Waals surface area contributed by atoms with Crippen molar-refractivity contribution in [1.82, 2.24) is 4.90 Å². The first-order valence-electron chi connectivity index (χ1n) is 8.29. The minimum absolute atomic E-state index is 0.546. The molecule has 2 heteroatoms. The van der Waals surface area contributed by atoms with Crippen molar-refractivity contribution >= 4 is 0 Å². The number of nitrogens with zero attached hydrogens (tertiary/aromatic N) is 1. The molecule has 1 aromatic rings. The van der Waals surface area contributed by atoms with Gasteiger partial charge in [0.2, 0.25) is 0 Å². The van der Waals surface area contributed by atoms with Gasteiger partial charge in [0.1, 0.15) is 0 Å². The van der Waals surface area contributed by atoms with E-state index in [0.717, 1.165) is 18.9 Å². The van der Waals surface area contributed by atoms with E-state index in [9.17, 15) is 0 Å². The number of benzene rings is 1. The summed E-state index contributed by atoms with van der Waals surface area (Å²) in [5, 5.41) is 0. The second kappa shape index (κ2) is 7.80. The number of aryl methyl sites for hydroxylation is 1. The zero-order valence-electron chi connectivity index (χ0n) is 13.1. The van der Waals surface area contributed by atoms with Gasteiger partial charge in [-0.25, -0.2) is 0 Å². The Morgan fingerprint density at radius 3 is 2.30 bits per heavy atom. The molecule has 1 fully saturated rings. The van der Waals surface area contributed by atoms with Gasteiger partial charge >= 0.3 is 0 Å². The molecule has 0 bridgehead atoms. The third kappa shape index (κ3) is 3.83. The van der Waals surface area contributed by atoms with Crippen LogP contribution in [-0.2, 0) is 6.42 Å². The first kappa shape index (κ1) is 15.5. The summed E-state index contributed by atoms with van der Waals surface area (Å²) in [7, 11) is 0. The van der Waals surface area contributed by atoms with Gasteiger partial charge in [-0.1, -0.05) is 38.1 Å². The highest BCUT2D eigenvalue weighted by molar-refractivity contribution is 5.26. The molecule has 2 nitrogen and oxygen atoms in total. The fourth-order valence-electron chi connectivity index (χ4n) is 3.50. The highest BCUT2D eigenvalue weighted by Gasteiger charge is 2.26. The van der Waals surface area contributed by atoms with Gasteiger partial charge in [0.05, 0.1) is 0 Å². The predicted molar refractivity (Wildman–Crippen MR) is 87.1 cm³/mol. The Kier molecular flexibility index (Phi) is 6.06. The van der Waals surface area contributed by atoms with Crippen LogP contribution in [0.25, 0.3) is 0 Å². The molecule has 1 aliphatic rings. The molecule has 1 aromatic carbocycles. The zero-order chi connectivity index (χ0) is 14.4. The lowest BCUT2D eigenvalue weighted by Gasteiger charge is -2.36. The summed E-state index contributed by atoms with van der Waals surface area (Å²) in [6, 6.07) is 9.14. The van der Waals surface area contributed by atoms with Crippen LogP contribution in [0.4, 0.5) is 0 Å². The van der Waals surface area contributed by atoms with Crippen LogP contribution in [0.1, 0.15) is 50.2 Å². The van der Waals surface area contributed by atoms with Crippen molar-refractivity contribution in [2.45, 2.75) is 45.4 Å². The molecule has 0 amide bonds. The third-order valence-electron chi connectivity index (χ3n) is 4.81. The first-order chi connectivity index (χ1) is 9.78. The van der Waals surface area contributed by atoms with Crippen molar-refractivity contribution in [3.8, 4) is 0 Å². The molecule has 1 aliphatic heterocycles. The monoisotopic (exact) mass is 274 g/mol. The van der Waals surface area contributed by atoms with Gasteiger partial charge in [-0.15, -0.1) is 0 Å². The molecule has 0 aromatic heterocycles. The molecule has 0 saturated carbocycles. The van der Waals surface area contributed by atoms with E-state index in [1.54, 1.807) is 0 Å². The standard InChI is InChI=1S/C18H30N2/c1-3-11-20-12-9-17(10-13-20)18(14-19)16-7-5-15(4-2)6-8-16/h5-8,17-18H,3-4,9-14,19H2,1-2H3. The number of hydrogen-bond acceptors (Lipinski definition) is 2. The van der Waals surface area contributed by atoms with Crippen molar-refractivity contribution in [3.63, 3.8) is 0 Å². The average Bonchev–Trinajstić information content (AvgIpc) is 2.51. The number of nitrogens with two attached hydrogens (primary N) is 1. The average molecular weight is 274 g/mol. The molecule has 0 spiro atoms. The topological polar surface area (TPSA) is 29.3 Å². The van der Waals surface area contributed by atoms with E-state index in [2.05, 4.69) is 43.0 Å². The fraction of sp³-hybridized carbons (Fsp3) is 0.667. The van der Waals surface area contributed by atoms with Gasteiger partial charge in [0, 0.05) is 0 Å². The highest BCUT2D eigenvalue weighted by atomic mass is 15.1. The predicted octanol–water partition coefficient (Wildman–Crippen LogP) is 3.41. The van der Waals surface area contributed by atoms with Crippen molar-refractivity contribution in [3.05, 3.63) is 35.4 Å². The van der Waals surface area contributed by atoms with Gasteiger partial charge in [-0.05, 0) is 74.8 Å². The van der Waals surface area contributed by atoms with Crippen molar-refractivity contribution in [2.75, 3.05) is 26.2 Å². The van der Waals surface area contributed by atoms with Gasteiger partial charge in [0.25, 0.3) is 0 Å². The van der Waals surface area contributed by atoms with Crippen molar-refractivity contribution in [1.29, 1.82) is 0 Å². The van der Waals surface area contributed by atoms with Crippen LogP contribution in [0.3, 0.4) is 0 Å². The van der Waals surface area contributed by atoms with E-state index in [4.69, 9.17) is 5.73 Å². The minimum Gasteiger partial charge on any atom is -0.330 e. The smallest absolute Gasteiger partial charge is 0.000555 e. The Morgan fingerprint density at radius 1 is 1.15 bits per heavy atom. The van der Waals surface area contributed by atoms with Crippen LogP contribution >= 0.6 is 0 Å². The number of rotatable bonds is 6. The molecular weight excluding hydrogens is 244 g/mol. The van der Waals surface area contributed by atoms with E-state index in [0.29, 0.717) is 5.92 Å². The van der Waals surface area contributed by atoms with E-state index in [-0.39, 0.29) is 0 Å². The summed E-state index contributed by atoms with van der Waals surface area (Å²) >= 11 is 0. The molecule has 1 saturated heterocycles. The zero-order valence-corrected chi connectivity index (χ0v) is 13.1. The van der Waals surface area contributed by atoms with Gasteiger partial charge in [-0.3, -0.25) is 0 Å². The van der Waals surface area contributed by atoms with E-state index < -0.39 is 0 Å². The summed E-state index contributed by atoms with van der Waals surface area (Å²) in [4.78, 5) is 2.60. The normalized spacial score (nSPS) is 19.1. The summed E-state index contributed by atoms with van der Waals surface area (Å²) in [6.45, 7) is 9.02. The Hall–Kier alpha value is -0.860. The second-order valence-electron chi connectivity index (χ2n) is 6.12. The maximum atomic E-state index is 6.09. The van der Waals surface area contributed by atoms with Gasteiger partial charge in [-0.2, -0.15) is 0 Å². The van der Waals surface area contributed by atoms with Crippen LogP contribution in [-0.4, -0.2) is 31.1 Å². The lowest BCUT2D eigenvalue weighted by molar-refractivity contribution is 0.169. The van der Waals surface area contributed by atoms with E-state index in [1.807, 2.05) is 0 Å². The molecule has 0 aliphatic carbocycles. The summed E-state index contributed by atoms with van der Waals surface area (Å²) < 4.78 is 0. The second-order valence-corrected chi connectivity index (χ2v) is 6.12. The SMILES string of the molecule is CCCN1CCC(C(CN)c2ccc(CC)cc2)CC1. The quantitative estimate of drug-likeness (QED) is 0.861. The molecular formula is C18H30N2. The molecule has 2 N–H and O–H groups in total. The van der Waals surface area contributed by atoms with E-state index in [1.165, 1.54) is 50.0 Å². The van der Waals surface area contributed by atoms with Crippen LogP contribution < -0.4 is 5.73 Å². The molecule has 2 rings (SSSR count). The number of piperidine rings is 1. The number of likely N-dealkylation sites (tertiary alicyclic amines) is 1. The minimum atomic E-state index is 0.546. The summed E-state index contributed by atoms with van der Waals surface area (Å²) in [6.07, 6.45) is 4.99. The summed E-state index contributed by atoms with van der Waals surface area (Å²) in [5.74, 6) is 1.31. The van der Waals surface area contributed by atoms with Gasteiger partial charge < -0.3 is 10.6 Å². The Morgan fingerprint density at radius 2 is 1.80 bits per heavy atom. The third-order valence-corrected chi connectivity index (χ3v) is 4.81. The highest BCUT2D eigenvalue weighted by Crippen LogP contribution is 2.32. The number of hydrogen-bond donors (Lipinski definition) is 1. The van der Waals surface area contributed by atoms with Crippen LogP contribution in [0.2, 0.25) is 0 Å². The Balaban J connectivity index is 1.97. The lowest BCUT2D eigenvalue weighted by atomic mass is 9.80. The largest absolute Gasteiger partial charge is 0.330 e. The molecule has 20 heavy (non-hydrogen) atoms. The Labute approximate surface area is 124 Å². The van der Waals surface area contributed by atoms with Crippen molar-refractivity contribution in [2.24, 2.45) is 11.7 Å². The van der Waals surface area contributed by atoms with Crippen molar-refractivity contribution < 1.29 is 0 Å². The first-order valence-corrected chi connectivity index (χ1v) is 8.29. The van der Waals surface area contributed by atoms with Crippen LogP contribution in [0.15, 0.2) is 24.3 Å². The molecule has 112 valence electrons. The maximum absolute atomic E-state index is 6.09. The molecule has 1 atom stereocenters. The van der Waals surface area contributed by atoms with E-state index >= 15 is 0 Å². The Bertz CT molecular complexity index is 377. The van der Waals surface area contributed by atoms with Crippen LogP contribution in [0, 0.1) is 5.92 Å².